The third kappa shape index (κ3) is 5.27. The van der Waals surface area contributed by atoms with Crippen molar-refractivity contribution in [3.8, 4) is 11.6 Å². The lowest BCUT2D eigenvalue weighted by molar-refractivity contribution is -0.118. The van der Waals surface area contributed by atoms with Gasteiger partial charge in [-0.2, -0.15) is 0 Å². The maximum Gasteiger partial charge on any atom is 0.408 e. The highest BCUT2D eigenvalue weighted by Gasteiger charge is 2.45. The number of benzene rings is 1. The number of ether oxygens (including phenoxy) is 3. The smallest absolute Gasteiger partial charge is 0.408 e. The molecule has 1 fully saturated rings. The molecule has 2 aliphatic rings. The number of anilines is 1. The van der Waals surface area contributed by atoms with E-state index in [2.05, 4.69) is 21.7 Å². The van der Waals surface area contributed by atoms with Crippen molar-refractivity contribution in [2.75, 3.05) is 5.32 Å². The summed E-state index contributed by atoms with van der Waals surface area (Å²) in [7, 11) is 0. The number of aromatic nitrogens is 1. The van der Waals surface area contributed by atoms with Crippen LogP contribution in [0.1, 0.15) is 64.5 Å². The van der Waals surface area contributed by atoms with Gasteiger partial charge >= 0.3 is 6.09 Å². The molecule has 1 aliphatic heterocycles. The lowest BCUT2D eigenvalue weighted by atomic mass is 9.75. The zero-order valence-corrected chi connectivity index (χ0v) is 19.6. The van der Waals surface area contributed by atoms with Crippen molar-refractivity contribution in [2.45, 2.75) is 77.2 Å². The normalized spacial score (nSPS) is 17.0. The summed E-state index contributed by atoms with van der Waals surface area (Å²) in [5.74, 6) is 0.791. The highest BCUT2D eigenvalue weighted by atomic mass is 16.6. The highest BCUT2D eigenvalue weighted by Crippen LogP contribution is 2.51. The van der Waals surface area contributed by atoms with Gasteiger partial charge in [-0.05, 0) is 75.8 Å². The largest absolute Gasteiger partial charge is 0.444 e. The average Bonchev–Trinajstić information content (AvgIpc) is 3.11. The van der Waals surface area contributed by atoms with Gasteiger partial charge in [0.05, 0.1) is 24.1 Å². The van der Waals surface area contributed by atoms with Gasteiger partial charge in [0, 0.05) is 6.07 Å². The fraction of sp³-hybridized carbons (Fsp3) is 0.480. The first-order valence-corrected chi connectivity index (χ1v) is 11.4. The highest BCUT2D eigenvalue weighted by molar-refractivity contribution is 5.96. The Morgan fingerprint density at radius 1 is 1.21 bits per heavy atom. The minimum Gasteiger partial charge on any atom is -0.444 e. The first kappa shape index (κ1) is 23.0. The number of carbonyl (C=O) groups is 2. The fourth-order valence-corrected chi connectivity index (χ4v) is 4.04. The Morgan fingerprint density at radius 2 is 2.00 bits per heavy atom. The molecule has 0 bridgehead atoms. The lowest BCUT2D eigenvalue weighted by Gasteiger charge is -2.38. The second kappa shape index (κ2) is 9.02. The first-order valence-electron chi connectivity index (χ1n) is 11.4. The number of nitrogens with zero attached hydrogens (tertiary/aromatic N) is 1. The number of rotatable bonds is 6. The molecular weight excluding hydrogens is 422 g/mol. The summed E-state index contributed by atoms with van der Waals surface area (Å²) >= 11 is 0. The second-order valence-corrected chi connectivity index (χ2v) is 9.54. The maximum atomic E-state index is 12.6. The standard InChI is InChI=1S/C25H31N3O5/c1-5-20(28-23(30)33-24(2,3)4)22(29)27-17-8-10-21(26-14-17)32-18-9-7-16-15-31-25(11-6-12-25)19(16)13-18/h7-10,13-14,20H,5-6,11-12,15H2,1-4H3,(H,27,29)(H,28,30)/t20-/m1/s1. The molecule has 8 nitrogen and oxygen atoms in total. The van der Waals surface area contributed by atoms with E-state index in [0.29, 0.717) is 30.3 Å². The number of hydrogen-bond acceptors (Lipinski definition) is 6. The van der Waals surface area contributed by atoms with Gasteiger partial charge in [0.2, 0.25) is 11.8 Å². The van der Waals surface area contributed by atoms with Crippen LogP contribution in [0.5, 0.6) is 11.6 Å². The zero-order chi connectivity index (χ0) is 23.6. The predicted molar refractivity (Wildman–Crippen MR) is 123 cm³/mol. The number of carbonyl (C=O) groups excluding carboxylic acids is 2. The molecule has 2 amide bonds. The first-order chi connectivity index (χ1) is 15.7. The molecule has 176 valence electrons. The van der Waals surface area contributed by atoms with Gasteiger partial charge in [0.25, 0.3) is 0 Å². The number of nitrogens with one attached hydrogen (secondary N) is 2. The van der Waals surface area contributed by atoms with Gasteiger partial charge in [0.1, 0.15) is 17.4 Å². The quantitative estimate of drug-likeness (QED) is 0.637. The van der Waals surface area contributed by atoms with Gasteiger partial charge in [-0.25, -0.2) is 9.78 Å². The Labute approximate surface area is 194 Å². The number of alkyl carbamates (subject to hydrolysis) is 1. The molecule has 1 aromatic carbocycles. The molecule has 0 radical (unpaired) electrons. The minimum atomic E-state index is -0.719. The van der Waals surface area contributed by atoms with Crippen LogP contribution in [0.2, 0.25) is 0 Å². The summed E-state index contributed by atoms with van der Waals surface area (Å²) in [6.45, 7) is 7.77. The summed E-state index contributed by atoms with van der Waals surface area (Å²) in [6.07, 6.45) is 4.61. The second-order valence-electron chi connectivity index (χ2n) is 9.54. The third-order valence-corrected chi connectivity index (χ3v) is 5.88. The van der Waals surface area contributed by atoms with Crippen LogP contribution in [-0.4, -0.2) is 28.6 Å². The van der Waals surface area contributed by atoms with Crippen LogP contribution >= 0.6 is 0 Å². The summed E-state index contributed by atoms with van der Waals surface area (Å²) in [6, 6.07) is 8.71. The molecule has 2 heterocycles. The van der Waals surface area contributed by atoms with E-state index in [9.17, 15) is 9.59 Å². The molecule has 1 spiro atoms. The summed E-state index contributed by atoms with van der Waals surface area (Å²) in [5.41, 5.74) is 2.19. The number of fused-ring (bicyclic) bond motifs is 2. The van der Waals surface area contributed by atoms with Gasteiger partial charge in [0.15, 0.2) is 0 Å². The van der Waals surface area contributed by atoms with Crippen molar-refractivity contribution < 1.29 is 23.8 Å². The van der Waals surface area contributed by atoms with Crippen molar-refractivity contribution in [1.29, 1.82) is 0 Å². The Balaban J connectivity index is 1.35. The Morgan fingerprint density at radius 3 is 2.61 bits per heavy atom. The van der Waals surface area contributed by atoms with Gasteiger partial charge < -0.3 is 24.8 Å². The molecule has 2 N–H and O–H groups in total. The topological polar surface area (TPSA) is 98.8 Å². The molecule has 0 unspecified atom stereocenters. The van der Waals surface area contributed by atoms with E-state index >= 15 is 0 Å². The summed E-state index contributed by atoms with van der Waals surface area (Å²) < 4.78 is 17.2. The van der Waals surface area contributed by atoms with Gasteiger partial charge in [-0.15, -0.1) is 0 Å². The summed E-state index contributed by atoms with van der Waals surface area (Å²) in [4.78, 5) is 28.9. The fourth-order valence-electron chi connectivity index (χ4n) is 4.04. The molecule has 1 atom stereocenters. The zero-order valence-electron chi connectivity index (χ0n) is 19.6. The molecule has 33 heavy (non-hydrogen) atoms. The van der Waals surface area contributed by atoms with Crippen molar-refractivity contribution in [3.05, 3.63) is 47.7 Å². The monoisotopic (exact) mass is 453 g/mol. The van der Waals surface area contributed by atoms with Crippen LogP contribution in [0.25, 0.3) is 0 Å². The number of hydrogen-bond donors (Lipinski definition) is 2. The molecule has 1 aromatic heterocycles. The molecule has 0 saturated heterocycles. The average molecular weight is 454 g/mol. The van der Waals surface area contributed by atoms with E-state index in [4.69, 9.17) is 14.2 Å². The Hall–Kier alpha value is -3.13. The van der Waals surface area contributed by atoms with Crippen molar-refractivity contribution in [2.24, 2.45) is 0 Å². The van der Waals surface area contributed by atoms with E-state index in [1.54, 1.807) is 32.9 Å². The third-order valence-electron chi connectivity index (χ3n) is 5.88. The predicted octanol–water partition coefficient (Wildman–Crippen LogP) is 5.03. The van der Waals surface area contributed by atoms with E-state index in [1.807, 2.05) is 19.1 Å². The number of pyridine rings is 1. The summed E-state index contributed by atoms with van der Waals surface area (Å²) in [5, 5.41) is 5.36. The van der Waals surface area contributed by atoms with Crippen LogP contribution in [-0.2, 0) is 26.5 Å². The lowest BCUT2D eigenvalue weighted by Crippen LogP contribution is -2.45. The molecule has 1 aliphatic carbocycles. The molecule has 1 saturated carbocycles. The van der Waals surface area contributed by atoms with Crippen LogP contribution < -0.4 is 15.4 Å². The maximum absolute atomic E-state index is 12.6. The van der Waals surface area contributed by atoms with Crippen LogP contribution in [0, 0.1) is 0 Å². The molecule has 8 heteroatoms. The van der Waals surface area contributed by atoms with Gasteiger partial charge in [-0.3, -0.25) is 4.79 Å². The number of amides is 2. The molecule has 4 rings (SSSR count). The minimum absolute atomic E-state index is 0.126. The van der Waals surface area contributed by atoms with E-state index < -0.39 is 17.7 Å². The SMILES string of the molecule is CC[C@@H](NC(=O)OC(C)(C)C)C(=O)Nc1ccc(Oc2ccc3c(c2)C2(CCC2)OC3)nc1. The van der Waals surface area contributed by atoms with E-state index in [0.717, 1.165) is 12.8 Å². The van der Waals surface area contributed by atoms with Crippen LogP contribution in [0.3, 0.4) is 0 Å². The molecular formula is C25H31N3O5. The van der Waals surface area contributed by atoms with Crippen molar-refractivity contribution in [3.63, 3.8) is 0 Å². The van der Waals surface area contributed by atoms with E-state index in [-0.39, 0.29) is 11.5 Å². The Bertz CT molecular complexity index is 1030. The van der Waals surface area contributed by atoms with Crippen LogP contribution in [0.4, 0.5) is 10.5 Å². The van der Waals surface area contributed by atoms with Crippen molar-refractivity contribution >= 4 is 17.7 Å². The molecule has 2 aromatic rings. The van der Waals surface area contributed by atoms with E-state index in [1.165, 1.54) is 23.7 Å². The van der Waals surface area contributed by atoms with Crippen LogP contribution in [0.15, 0.2) is 36.5 Å². The Kier molecular flexibility index (Phi) is 6.30. The van der Waals surface area contributed by atoms with Crippen molar-refractivity contribution in [1.82, 2.24) is 10.3 Å². The van der Waals surface area contributed by atoms with Gasteiger partial charge in [-0.1, -0.05) is 13.0 Å².